The number of esters is 2. The van der Waals surface area contributed by atoms with Crippen LogP contribution in [0.3, 0.4) is 0 Å². The Bertz CT molecular complexity index is 179. The minimum Gasteiger partial charge on any atom is -0.466 e. The van der Waals surface area contributed by atoms with Gasteiger partial charge in [0, 0.05) is 13.8 Å². The van der Waals surface area contributed by atoms with Crippen LogP contribution in [0, 0.1) is 0 Å². The highest BCUT2D eigenvalue weighted by Crippen LogP contribution is 2.05. The lowest BCUT2D eigenvalue weighted by atomic mass is 10.1. The smallest absolute Gasteiger partial charge is 0.302 e. The molecule has 94 valence electrons. The van der Waals surface area contributed by atoms with Gasteiger partial charge in [-0.25, -0.2) is 0 Å². The summed E-state index contributed by atoms with van der Waals surface area (Å²) in [5.74, 6) is -0.414. The average Bonchev–Trinajstić information content (AvgIpc) is 2.20. The Kier molecular flexibility index (Phi) is 9.76. The second-order valence-electron chi connectivity index (χ2n) is 3.80. The largest absolute Gasteiger partial charge is 0.466 e. The molecule has 0 spiro atoms. The van der Waals surface area contributed by atoms with Gasteiger partial charge in [0.1, 0.15) is 0 Å². The SMILES string of the molecule is CC(=O)OCCCCCCCCOC(C)=O. The molecular weight excluding hydrogens is 208 g/mol. The molecule has 0 bridgehead atoms. The molecule has 0 aliphatic heterocycles. The Hall–Kier alpha value is -1.06. The fraction of sp³-hybridized carbons (Fsp3) is 0.833. The van der Waals surface area contributed by atoms with Gasteiger partial charge in [-0.05, 0) is 12.8 Å². The maximum absolute atomic E-state index is 10.4. The van der Waals surface area contributed by atoms with Gasteiger partial charge < -0.3 is 9.47 Å². The number of unbranched alkanes of at least 4 members (excludes halogenated alkanes) is 5. The summed E-state index contributed by atoms with van der Waals surface area (Å²) < 4.78 is 9.63. The van der Waals surface area contributed by atoms with Crippen molar-refractivity contribution in [2.45, 2.75) is 52.4 Å². The monoisotopic (exact) mass is 230 g/mol. The van der Waals surface area contributed by atoms with Gasteiger partial charge in [0.15, 0.2) is 0 Å². The Balaban J connectivity index is 2.98. The first-order valence-electron chi connectivity index (χ1n) is 5.89. The van der Waals surface area contributed by atoms with Gasteiger partial charge in [-0.2, -0.15) is 0 Å². The number of hydrogen-bond donors (Lipinski definition) is 0. The van der Waals surface area contributed by atoms with Crippen LogP contribution in [-0.4, -0.2) is 25.2 Å². The van der Waals surface area contributed by atoms with Crippen LogP contribution in [0.2, 0.25) is 0 Å². The van der Waals surface area contributed by atoms with Crippen LogP contribution in [0.4, 0.5) is 0 Å². The highest BCUT2D eigenvalue weighted by atomic mass is 16.5. The standard InChI is InChI=1S/C12H22O4/c1-11(13)15-9-7-5-3-4-6-8-10-16-12(2)14/h3-10H2,1-2H3. The first-order chi connectivity index (χ1) is 7.63. The fourth-order valence-electron chi connectivity index (χ4n) is 1.34. The molecule has 0 aromatic carbocycles. The van der Waals surface area contributed by atoms with Crippen molar-refractivity contribution in [1.82, 2.24) is 0 Å². The van der Waals surface area contributed by atoms with E-state index >= 15 is 0 Å². The Morgan fingerprint density at radius 2 is 1.00 bits per heavy atom. The van der Waals surface area contributed by atoms with Crippen LogP contribution >= 0.6 is 0 Å². The minimum atomic E-state index is -0.207. The van der Waals surface area contributed by atoms with Crippen LogP contribution in [0.15, 0.2) is 0 Å². The molecule has 0 radical (unpaired) electrons. The highest BCUT2D eigenvalue weighted by Gasteiger charge is 1.95. The van der Waals surface area contributed by atoms with E-state index in [1.165, 1.54) is 13.8 Å². The topological polar surface area (TPSA) is 52.6 Å². The molecule has 4 heteroatoms. The molecule has 0 amide bonds. The van der Waals surface area contributed by atoms with Crippen molar-refractivity contribution >= 4 is 11.9 Å². The van der Waals surface area contributed by atoms with Crippen molar-refractivity contribution in [3.05, 3.63) is 0 Å². The van der Waals surface area contributed by atoms with Gasteiger partial charge in [-0.15, -0.1) is 0 Å². The molecule has 16 heavy (non-hydrogen) atoms. The van der Waals surface area contributed by atoms with Crippen LogP contribution in [0.25, 0.3) is 0 Å². The molecule has 0 heterocycles. The second-order valence-corrected chi connectivity index (χ2v) is 3.80. The highest BCUT2D eigenvalue weighted by molar-refractivity contribution is 5.66. The number of carbonyl (C=O) groups is 2. The number of ether oxygens (including phenoxy) is 2. The van der Waals surface area contributed by atoms with Crippen LogP contribution in [-0.2, 0) is 19.1 Å². The summed E-state index contributed by atoms with van der Waals surface area (Å²) in [6.45, 7) is 3.91. The van der Waals surface area contributed by atoms with E-state index in [9.17, 15) is 9.59 Å². The Morgan fingerprint density at radius 3 is 1.31 bits per heavy atom. The number of rotatable bonds is 9. The molecule has 0 unspecified atom stereocenters. The van der Waals surface area contributed by atoms with Gasteiger partial charge in [0.05, 0.1) is 13.2 Å². The molecule has 0 rings (SSSR count). The number of hydrogen-bond acceptors (Lipinski definition) is 4. The Labute approximate surface area is 97.3 Å². The summed E-state index contributed by atoms with van der Waals surface area (Å²) in [5.41, 5.74) is 0. The maximum Gasteiger partial charge on any atom is 0.302 e. The zero-order valence-corrected chi connectivity index (χ0v) is 10.3. The van der Waals surface area contributed by atoms with Crippen molar-refractivity contribution < 1.29 is 19.1 Å². The molecule has 0 aromatic heterocycles. The first kappa shape index (κ1) is 14.9. The van der Waals surface area contributed by atoms with E-state index in [2.05, 4.69) is 0 Å². The lowest BCUT2D eigenvalue weighted by Gasteiger charge is -2.03. The van der Waals surface area contributed by atoms with E-state index < -0.39 is 0 Å². The van der Waals surface area contributed by atoms with Gasteiger partial charge in [0.25, 0.3) is 0 Å². The van der Waals surface area contributed by atoms with Gasteiger partial charge in [-0.3, -0.25) is 9.59 Å². The third kappa shape index (κ3) is 12.9. The van der Waals surface area contributed by atoms with Gasteiger partial charge in [-0.1, -0.05) is 25.7 Å². The summed E-state index contributed by atoms with van der Waals surface area (Å²) in [7, 11) is 0. The third-order valence-corrected chi connectivity index (χ3v) is 2.15. The molecule has 0 saturated heterocycles. The molecule has 0 saturated carbocycles. The van der Waals surface area contributed by atoms with Crippen molar-refractivity contribution in [3.8, 4) is 0 Å². The lowest BCUT2D eigenvalue weighted by molar-refractivity contribution is -0.142. The molecule has 0 aromatic rings. The first-order valence-corrected chi connectivity index (χ1v) is 5.89. The summed E-state index contributed by atoms with van der Waals surface area (Å²) in [5, 5.41) is 0. The Morgan fingerprint density at radius 1 is 0.688 bits per heavy atom. The zero-order chi connectivity index (χ0) is 12.2. The predicted molar refractivity (Wildman–Crippen MR) is 61.0 cm³/mol. The van der Waals surface area contributed by atoms with Gasteiger partial charge >= 0.3 is 11.9 Å². The van der Waals surface area contributed by atoms with E-state index in [0.29, 0.717) is 13.2 Å². The molecule has 0 aliphatic carbocycles. The predicted octanol–water partition coefficient (Wildman–Crippen LogP) is 2.45. The molecule has 0 fully saturated rings. The van der Waals surface area contributed by atoms with Crippen LogP contribution in [0.5, 0.6) is 0 Å². The van der Waals surface area contributed by atoms with Crippen LogP contribution in [0.1, 0.15) is 52.4 Å². The molecular formula is C12H22O4. The van der Waals surface area contributed by atoms with Crippen molar-refractivity contribution in [3.63, 3.8) is 0 Å². The summed E-state index contributed by atoms with van der Waals surface area (Å²) in [4.78, 5) is 20.9. The zero-order valence-electron chi connectivity index (χ0n) is 10.3. The van der Waals surface area contributed by atoms with E-state index in [-0.39, 0.29) is 11.9 Å². The quantitative estimate of drug-likeness (QED) is 0.451. The molecule has 4 nitrogen and oxygen atoms in total. The van der Waals surface area contributed by atoms with Crippen molar-refractivity contribution in [2.24, 2.45) is 0 Å². The van der Waals surface area contributed by atoms with Crippen molar-refractivity contribution in [1.29, 1.82) is 0 Å². The van der Waals surface area contributed by atoms with Gasteiger partial charge in [0.2, 0.25) is 0 Å². The van der Waals surface area contributed by atoms with Crippen LogP contribution < -0.4 is 0 Å². The number of carbonyl (C=O) groups excluding carboxylic acids is 2. The average molecular weight is 230 g/mol. The third-order valence-electron chi connectivity index (χ3n) is 2.15. The van der Waals surface area contributed by atoms with Crippen molar-refractivity contribution in [2.75, 3.05) is 13.2 Å². The summed E-state index contributed by atoms with van der Waals surface area (Å²) >= 11 is 0. The maximum atomic E-state index is 10.4. The summed E-state index contributed by atoms with van der Waals surface area (Å²) in [6, 6.07) is 0. The lowest BCUT2D eigenvalue weighted by Crippen LogP contribution is -2.01. The van der Waals surface area contributed by atoms with E-state index in [4.69, 9.17) is 9.47 Å². The molecule has 0 N–H and O–H groups in total. The molecule has 0 aliphatic rings. The van der Waals surface area contributed by atoms with E-state index in [0.717, 1.165) is 38.5 Å². The molecule has 0 atom stereocenters. The minimum absolute atomic E-state index is 0.207. The summed E-state index contributed by atoms with van der Waals surface area (Å²) in [6.07, 6.45) is 6.32. The normalized spacial score (nSPS) is 9.88. The second kappa shape index (κ2) is 10.5. The van der Waals surface area contributed by atoms with E-state index in [1.54, 1.807) is 0 Å². The fourth-order valence-corrected chi connectivity index (χ4v) is 1.34. The van der Waals surface area contributed by atoms with E-state index in [1.807, 2.05) is 0 Å².